The van der Waals surface area contributed by atoms with E-state index in [9.17, 15) is 9.59 Å². The van der Waals surface area contributed by atoms with Gasteiger partial charge in [0.15, 0.2) is 0 Å². The lowest BCUT2D eigenvalue weighted by Gasteiger charge is -2.34. The number of nitrogens with one attached hydrogen (secondary N) is 2. The third-order valence-corrected chi connectivity index (χ3v) is 3.41. The first-order chi connectivity index (χ1) is 9.72. The Kier molecular flexibility index (Phi) is 4.98. The van der Waals surface area contributed by atoms with Gasteiger partial charge < -0.3 is 15.5 Å². The highest BCUT2D eigenvalue weighted by molar-refractivity contribution is 5.88. The third-order valence-electron chi connectivity index (χ3n) is 3.41. The van der Waals surface area contributed by atoms with Crippen molar-refractivity contribution in [2.75, 3.05) is 13.1 Å². The smallest absolute Gasteiger partial charge is 0.318 e. The lowest BCUT2D eigenvalue weighted by atomic mass is 10.1. The van der Waals surface area contributed by atoms with Crippen LogP contribution in [-0.4, -0.2) is 36.0 Å². The molecular weight excluding hydrogens is 254 g/mol. The van der Waals surface area contributed by atoms with E-state index in [1.165, 1.54) is 0 Å². The van der Waals surface area contributed by atoms with Gasteiger partial charge in [0, 0.05) is 19.6 Å². The molecule has 0 saturated carbocycles. The highest BCUT2D eigenvalue weighted by Crippen LogP contribution is 2.11. The molecule has 1 heterocycles. The van der Waals surface area contributed by atoms with Gasteiger partial charge in [-0.1, -0.05) is 37.3 Å². The third kappa shape index (κ3) is 3.50. The minimum absolute atomic E-state index is 0.0721. The molecule has 108 valence electrons. The topological polar surface area (TPSA) is 61.4 Å². The van der Waals surface area contributed by atoms with E-state index in [2.05, 4.69) is 10.6 Å². The fourth-order valence-electron chi connectivity index (χ4n) is 2.39. The van der Waals surface area contributed by atoms with Gasteiger partial charge in [-0.15, -0.1) is 0 Å². The van der Waals surface area contributed by atoms with Gasteiger partial charge in [-0.3, -0.25) is 4.79 Å². The Hall–Kier alpha value is -2.04. The number of nitrogens with zero attached hydrogens (tertiary/aromatic N) is 1. The molecule has 1 unspecified atom stereocenters. The van der Waals surface area contributed by atoms with Crippen molar-refractivity contribution in [2.24, 2.45) is 0 Å². The summed E-state index contributed by atoms with van der Waals surface area (Å²) in [5.74, 6) is -0.0721. The lowest BCUT2D eigenvalue weighted by Crippen LogP contribution is -2.57. The fourth-order valence-corrected chi connectivity index (χ4v) is 2.39. The molecule has 1 fully saturated rings. The molecular formula is C15H21N3O2. The van der Waals surface area contributed by atoms with Crippen LogP contribution in [0.25, 0.3) is 0 Å². The van der Waals surface area contributed by atoms with Gasteiger partial charge in [-0.25, -0.2) is 4.79 Å². The summed E-state index contributed by atoms with van der Waals surface area (Å²) in [6.07, 6.45) is 1.50. The van der Waals surface area contributed by atoms with Crippen LogP contribution in [0.5, 0.6) is 0 Å². The molecule has 1 aliphatic rings. The van der Waals surface area contributed by atoms with Crippen LogP contribution in [0.2, 0.25) is 0 Å². The van der Waals surface area contributed by atoms with Crippen LogP contribution in [0.15, 0.2) is 30.3 Å². The maximum atomic E-state index is 12.3. The van der Waals surface area contributed by atoms with Crippen LogP contribution < -0.4 is 10.6 Å². The average molecular weight is 275 g/mol. The van der Waals surface area contributed by atoms with E-state index in [4.69, 9.17) is 0 Å². The number of hydrogen-bond donors (Lipinski definition) is 2. The minimum Gasteiger partial charge on any atom is -0.350 e. The second-order valence-electron chi connectivity index (χ2n) is 4.93. The van der Waals surface area contributed by atoms with E-state index in [0.717, 1.165) is 12.0 Å². The fraction of sp³-hybridized carbons (Fsp3) is 0.467. The summed E-state index contributed by atoms with van der Waals surface area (Å²) >= 11 is 0. The molecule has 1 saturated heterocycles. The van der Waals surface area contributed by atoms with E-state index in [1.54, 1.807) is 4.90 Å². The second-order valence-corrected chi connectivity index (χ2v) is 4.93. The Morgan fingerprint density at radius 2 is 2.15 bits per heavy atom. The molecule has 5 nitrogen and oxygen atoms in total. The summed E-state index contributed by atoms with van der Waals surface area (Å²) in [6.45, 7) is 3.66. The molecule has 0 aromatic heterocycles. The van der Waals surface area contributed by atoms with Gasteiger partial charge in [0.05, 0.1) is 0 Å². The largest absolute Gasteiger partial charge is 0.350 e. The molecule has 0 radical (unpaired) electrons. The zero-order valence-electron chi connectivity index (χ0n) is 11.8. The molecule has 0 aliphatic carbocycles. The van der Waals surface area contributed by atoms with Gasteiger partial charge in [0.2, 0.25) is 5.91 Å². The summed E-state index contributed by atoms with van der Waals surface area (Å²) in [7, 11) is 0. The van der Waals surface area contributed by atoms with Crippen LogP contribution in [0.4, 0.5) is 4.79 Å². The van der Waals surface area contributed by atoms with Gasteiger partial charge >= 0.3 is 6.03 Å². The first-order valence-corrected chi connectivity index (χ1v) is 7.08. The molecule has 1 aromatic carbocycles. The Morgan fingerprint density at radius 3 is 2.85 bits per heavy atom. The molecule has 2 rings (SSSR count). The predicted octanol–water partition coefficient (Wildman–Crippen LogP) is 1.50. The van der Waals surface area contributed by atoms with Crippen molar-refractivity contribution in [1.29, 1.82) is 0 Å². The molecule has 1 atom stereocenters. The molecule has 0 bridgehead atoms. The quantitative estimate of drug-likeness (QED) is 0.855. The normalized spacial score (nSPS) is 18.6. The molecule has 1 aliphatic heterocycles. The average Bonchev–Trinajstić information content (AvgIpc) is 2.48. The van der Waals surface area contributed by atoms with Crippen molar-refractivity contribution in [3.05, 3.63) is 35.9 Å². The van der Waals surface area contributed by atoms with Crippen molar-refractivity contribution >= 4 is 11.9 Å². The van der Waals surface area contributed by atoms with Crippen molar-refractivity contribution in [2.45, 2.75) is 32.4 Å². The highest BCUT2D eigenvalue weighted by atomic mass is 16.2. The van der Waals surface area contributed by atoms with Crippen LogP contribution >= 0.6 is 0 Å². The number of amides is 3. The first-order valence-electron chi connectivity index (χ1n) is 7.08. The van der Waals surface area contributed by atoms with E-state index in [0.29, 0.717) is 26.1 Å². The number of urea groups is 1. The van der Waals surface area contributed by atoms with Gasteiger partial charge in [-0.05, 0) is 18.4 Å². The van der Waals surface area contributed by atoms with Gasteiger partial charge in [0.1, 0.15) is 6.04 Å². The number of hydrogen-bond acceptors (Lipinski definition) is 2. The SMILES string of the molecule is CCCN1C(=O)NCCC1C(=O)NCc1ccccc1. The number of benzene rings is 1. The maximum absolute atomic E-state index is 12.3. The Labute approximate surface area is 119 Å². The molecule has 0 spiro atoms. The highest BCUT2D eigenvalue weighted by Gasteiger charge is 2.32. The molecule has 5 heteroatoms. The molecule has 1 aromatic rings. The Bertz CT molecular complexity index is 461. The number of carbonyl (C=O) groups is 2. The molecule has 20 heavy (non-hydrogen) atoms. The van der Waals surface area contributed by atoms with Crippen molar-refractivity contribution in [3.63, 3.8) is 0 Å². The van der Waals surface area contributed by atoms with Gasteiger partial charge in [0.25, 0.3) is 0 Å². The lowest BCUT2D eigenvalue weighted by molar-refractivity contribution is -0.126. The minimum atomic E-state index is -0.354. The van der Waals surface area contributed by atoms with Crippen molar-refractivity contribution in [3.8, 4) is 0 Å². The van der Waals surface area contributed by atoms with E-state index in [1.807, 2.05) is 37.3 Å². The summed E-state index contributed by atoms with van der Waals surface area (Å²) in [5.41, 5.74) is 1.06. The van der Waals surface area contributed by atoms with Crippen LogP contribution in [0.3, 0.4) is 0 Å². The van der Waals surface area contributed by atoms with Crippen LogP contribution in [-0.2, 0) is 11.3 Å². The zero-order chi connectivity index (χ0) is 14.4. The van der Waals surface area contributed by atoms with Gasteiger partial charge in [-0.2, -0.15) is 0 Å². The number of carbonyl (C=O) groups excluding carboxylic acids is 2. The summed E-state index contributed by atoms with van der Waals surface area (Å²) in [6, 6.07) is 9.28. The Morgan fingerprint density at radius 1 is 1.40 bits per heavy atom. The summed E-state index contributed by atoms with van der Waals surface area (Å²) in [5, 5.41) is 5.70. The molecule has 3 amide bonds. The summed E-state index contributed by atoms with van der Waals surface area (Å²) < 4.78 is 0. The monoisotopic (exact) mass is 275 g/mol. The summed E-state index contributed by atoms with van der Waals surface area (Å²) in [4.78, 5) is 25.7. The number of rotatable bonds is 5. The standard InChI is InChI=1S/C15H21N3O2/c1-2-10-18-13(8-9-16-15(18)20)14(19)17-11-12-6-4-3-5-7-12/h3-7,13H,2,8-11H2,1H3,(H,16,20)(H,17,19). The Balaban J connectivity index is 1.94. The van der Waals surface area contributed by atoms with E-state index < -0.39 is 0 Å². The predicted molar refractivity (Wildman–Crippen MR) is 77.1 cm³/mol. The van der Waals surface area contributed by atoms with Crippen molar-refractivity contribution < 1.29 is 9.59 Å². The zero-order valence-corrected chi connectivity index (χ0v) is 11.8. The van der Waals surface area contributed by atoms with E-state index in [-0.39, 0.29) is 18.0 Å². The first kappa shape index (κ1) is 14.4. The maximum Gasteiger partial charge on any atom is 0.318 e. The van der Waals surface area contributed by atoms with Crippen molar-refractivity contribution in [1.82, 2.24) is 15.5 Å². The molecule has 2 N–H and O–H groups in total. The van der Waals surface area contributed by atoms with Crippen LogP contribution in [0.1, 0.15) is 25.3 Å². The second kappa shape index (κ2) is 6.93. The van der Waals surface area contributed by atoms with E-state index >= 15 is 0 Å². The van der Waals surface area contributed by atoms with Crippen LogP contribution in [0, 0.1) is 0 Å².